The van der Waals surface area contributed by atoms with Gasteiger partial charge in [-0.05, 0) is 34.6 Å². The van der Waals surface area contributed by atoms with Gasteiger partial charge in [0.1, 0.15) is 0 Å². The molecule has 0 unspecified atom stereocenters. The molecule has 106 valence electrons. The van der Waals surface area contributed by atoms with Crippen LogP contribution in [0.3, 0.4) is 0 Å². The summed E-state index contributed by atoms with van der Waals surface area (Å²) in [4.78, 5) is 13.6. The molecule has 1 aliphatic heterocycles. The third kappa shape index (κ3) is 3.45. The van der Waals surface area contributed by atoms with E-state index in [0.717, 1.165) is 0 Å². The van der Waals surface area contributed by atoms with Crippen LogP contribution in [0.4, 0.5) is 0 Å². The Kier molecular flexibility index (Phi) is 4.13. The molecule has 0 aromatic rings. The van der Waals surface area contributed by atoms with E-state index in [1.54, 1.807) is 6.92 Å². The van der Waals surface area contributed by atoms with E-state index in [1.165, 1.54) is 0 Å². The topological polar surface area (TPSA) is 63.7 Å². The van der Waals surface area contributed by atoms with Crippen LogP contribution in [0, 0.1) is 0 Å². The summed E-state index contributed by atoms with van der Waals surface area (Å²) >= 11 is 0. The molecular weight excluding hydrogens is 254 g/mol. The Balaban J connectivity index is 2.98. The van der Waals surface area contributed by atoms with Gasteiger partial charge in [-0.15, -0.1) is 0 Å². The van der Waals surface area contributed by atoms with E-state index in [1.807, 2.05) is 32.6 Å². The summed E-state index contributed by atoms with van der Waals surface area (Å²) in [6, 6.07) is 0. The quantitative estimate of drug-likeness (QED) is 0.715. The molecular formula is C12H23NO4S. The molecule has 0 radical (unpaired) electrons. The highest BCUT2D eigenvalue weighted by Crippen LogP contribution is 2.33. The molecule has 0 N–H and O–H groups in total. The summed E-state index contributed by atoms with van der Waals surface area (Å²) in [7, 11) is -3.07. The largest absolute Gasteiger partial charge is 0.465 e. The van der Waals surface area contributed by atoms with E-state index in [0.29, 0.717) is 6.61 Å². The maximum atomic E-state index is 11.9. The molecule has 0 aromatic carbocycles. The van der Waals surface area contributed by atoms with Crippen LogP contribution in [0.15, 0.2) is 0 Å². The Morgan fingerprint density at radius 2 is 1.61 bits per heavy atom. The SMILES string of the molecule is CCOC(=O)CN1C(C)(C)CS(=O)(=O)CC1(C)C. The molecule has 1 aliphatic rings. The minimum absolute atomic E-state index is 0.0723. The maximum absolute atomic E-state index is 11.9. The number of ether oxygens (including phenoxy) is 1. The Hall–Kier alpha value is -0.620. The van der Waals surface area contributed by atoms with E-state index < -0.39 is 20.9 Å². The Morgan fingerprint density at radius 1 is 1.17 bits per heavy atom. The van der Waals surface area contributed by atoms with E-state index in [9.17, 15) is 13.2 Å². The van der Waals surface area contributed by atoms with Gasteiger partial charge in [-0.25, -0.2) is 8.42 Å². The summed E-state index contributed by atoms with van der Waals surface area (Å²) < 4.78 is 28.7. The minimum Gasteiger partial charge on any atom is -0.465 e. The maximum Gasteiger partial charge on any atom is 0.320 e. The second-order valence-electron chi connectivity index (χ2n) is 6.05. The number of sulfone groups is 1. The number of carbonyl (C=O) groups excluding carboxylic acids is 1. The third-order valence-corrected chi connectivity index (χ3v) is 5.49. The molecule has 1 fully saturated rings. The van der Waals surface area contributed by atoms with Crippen molar-refractivity contribution in [3.8, 4) is 0 Å². The molecule has 1 saturated heterocycles. The van der Waals surface area contributed by atoms with Crippen molar-refractivity contribution in [3.63, 3.8) is 0 Å². The first-order chi connectivity index (χ1) is 8.00. The summed E-state index contributed by atoms with van der Waals surface area (Å²) in [5.74, 6) is -0.163. The summed E-state index contributed by atoms with van der Waals surface area (Å²) in [5, 5.41) is 0. The van der Waals surface area contributed by atoms with Crippen LogP contribution < -0.4 is 0 Å². The molecule has 18 heavy (non-hydrogen) atoms. The summed E-state index contributed by atoms with van der Waals surface area (Å²) in [6.07, 6.45) is 0. The fourth-order valence-corrected chi connectivity index (χ4v) is 5.43. The van der Waals surface area contributed by atoms with E-state index in [4.69, 9.17) is 4.74 Å². The average molecular weight is 277 g/mol. The second-order valence-corrected chi connectivity index (χ2v) is 8.11. The van der Waals surface area contributed by atoms with Gasteiger partial charge in [0, 0.05) is 11.1 Å². The van der Waals surface area contributed by atoms with Crippen LogP contribution in [0.25, 0.3) is 0 Å². The molecule has 1 heterocycles. The van der Waals surface area contributed by atoms with Crippen molar-refractivity contribution in [2.75, 3.05) is 24.7 Å². The van der Waals surface area contributed by atoms with Gasteiger partial charge in [-0.1, -0.05) is 0 Å². The van der Waals surface area contributed by atoms with Gasteiger partial charge in [0.2, 0.25) is 0 Å². The van der Waals surface area contributed by atoms with Crippen LogP contribution in [-0.4, -0.2) is 55.0 Å². The Bertz CT molecular complexity index is 401. The monoisotopic (exact) mass is 277 g/mol. The van der Waals surface area contributed by atoms with Crippen molar-refractivity contribution in [2.24, 2.45) is 0 Å². The van der Waals surface area contributed by atoms with E-state index >= 15 is 0 Å². The molecule has 0 aromatic heterocycles. The second kappa shape index (κ2) is 4.81. The lowest BCUT2D eigenvalue weighted by Gasteiger charge is -2.51. The van der Waals surface area contributed by atoms with Crippen molar-refractivity contribution < 1.29 is 17.9 Å². The predicted molar refractivity (Wildman–Crippen MR) is 70.2 cm³/mol. The fraction of sp³-hybridized carbons (Fsp3) is 0.917. The van der Waals surface area contributed by atoms with Gasteiger partial charge >= 0.3 is 5.97 Å². The standard InChI is InChI=1S/C12H23NO4S/c1-6-17-10(14)7-13-11(2,3)8-18(15,16)9-12(13,4)5/h6-9H2,1-5H3. The average Bonchev–Trinajstić information content (AvgIpc) is 2.08. The number of nitrogens with zero attached hydrogens (tertiary/aromatic N) is 1. The van der Waals surface area contributed by atoms with Crippen LogP contribution in [0.1, 0.15) is 34.6 Å². The van der Waals surface area contributed by atoms with Crippen LogP contribution in [0.5, 0.6) is 0 Å². The highest BCUT2D eigenvalue weighted by atomic mass is 32.2. The lowest BCUT2D eigenvalue weighted by molar-refractivity contribution is -0.148. The first kappa shape index (κ1) is 15.4. The normalized spacial score (nSPS) is 25.6. The predicted octanol–water partition coefficient (Wildman–Crippen LogP) is 0.837. The smallest absolute Gasteiger partial charge is 0.320 e. The third-order valence-electron chi connectivity index (χ3n) is 3.20. The van der Waals surface area contributed by atoms with E-state index in [2.05, 4.69) is 0 Å². The first-order valence-corrected chi connectivity index (χ1v) is 7.96. The first-order valence-electron chi connectivity index (χ1n) is 6.14. The zero-order chi connectivity index (χ0) is 14.2. The summed E-state index contributed by atoms with van der Waals surface area (Å²) in [6.45, 7) is 9.63. The van der Waals surface area contributed by atoms with Gasteiger partial charge in [0.25, 0.3) is 0 Å². The minimum atomic E-state index is -3.07. The van der Waals surface area contributed by atoms with Gasteiger partial charge < -0.3 is 4.74 Å². The van der Waals surface area contributed by atoms with Crippen molar-refractivity contribution in [1.82, 2.24) is 4.90 Å². The lowest BCUT2D eigenvalue weighted by atomic mass is 9.95. The number of esters is 1. The van der Waals surface area contributed by atoms with Gasteiger partial charge in [-0.3, -0.25) is 9.69 Å². The summed E-state index contributed by atoms with van der Waals surface area (Å²) in [5.41, 5.74) is -1.12. The molecule has 6 heteroatoms. The highest BCUT2D eigenvalue weighted by molar-refractivity contribution is 7.91. The van der Waals surface area contributed by atoms with Crippen molar-refractivity contribution in [1.29, 1.82) is 0 Å². The number of hydrogen-bond donors (Lipinski definition) is 0. The highest BCUT2D eigenvalue weighted by Gasteiger charge is 2.48. The molecule has 0 atom stereocenters. The van der Waals surface area contributed by atoms with Gasteiger partial charge in [-0.2, -0.15) is 0 Å². The molecule has 0 bridgehead atoms. The fourth-order valence-electron chi connectivity index (χ4n) is 2.87. The molecule has 1 rings (SSSR count). The molecule has 0 aliphatic carbocycles. The zero-order valence-corrected chi connectivity index (χ0v) is 12.6. The zero-order valence-electron chi connectivity index (χ0n) is 11.8. The number of carbonyl (C=O) groups is 1. The Morgan fingerprint density at radius 3 is 2.00 bits per heavy atom. The van der Waals surface area contributed by atoms with Crippen LogP contribution in [-0.2, 0) is 19.4 Å². The number of rotatable bonds is 3. The van der Waals surface area contributed by atoms with Crippen molar-refractivity contribution in [3.05, 3.63) is 0 Å². The van der Waals surface area contributed by atoms with Crippen LogP contribution >= 0.6 is 0 Å². The molecule has 0 amide bonds. The van der Waals surface area contributed by atoms with Gasteiger partial charge in [0.05, 0.1) is 24.7 Å². The molecule has 5 nitrogen and oxygen atoms in total. The lowest BCUT2D eigenvalue weighted by Crippen LogP contribution is -2.66. The van der Waals surface area contributed by atoms with Gasteiger partial charge in [0.15, 0.2) is 9.84 Å². The van der Waals surface area contributed by atoms with Crippen molar-refractivity contribution >= 4 is 15.8 Å². The number of hydrogen-bond acceptors (Lipinski definition) is 5. The molecule has 0 saturated carbocycles. The van der Waals surface area contributed by atoms with E-state index in [-0.39, 0.29) is 24.0 Å². The molecule has 0 spiro atoms. The van der Waals surface area contributed by atoms with Crippen molar-refractivity contribution in [2.45, 2.75) is 45.7 Å². The Labute approximate surface area is 109 Å². The van der Waals surface area contributed by atoms with Crippen LogP contribution in [0.2, 0.25) is 0 Å².